The summed E-state index contributed by atoms with van der Waals surface area (Å²) in [6.45, 7) is 3.45. The lowest BCUT2D eigenvalue weighted by Crippen LogP contribution is -2.46. The molecular weight excluding hydrogens is 312 g/mol. The SMILES string of the molecule is CN(C)CC(=O)Nc1sc2c(c1C(=O)N1CCNCC1)CCC2. The van der Waals surface area contributed by atoms with Crippen molar-refractivity contribution < 1.29 is 9.59 Å². The van der Waals surface area contributed by atoms with E-state index in [1.54, 1.807) is 11.3 Å². The topological polar surface area (TPSA) is 64.7 Å². The Labute approximate surface area is 140 Å². The maximum atomic E-state index is 13.0. The molecule has 1 aromatic heterocycles. The molecule has 0 saturated carbocycles. The lowest BCUT2D eigenvalue weighted by molar-refractivity contribution is -0.116. The Bertz CT molecular complexity index is 605. The van der Waals surface area contributed by atoms with E-state index in [9.17, 15) is 9.59 Å². The first-order valence-corrected chi connectivity index (χ1v) is 8.97. The van der Waals surface area contributed by atoms with E-state index >= 15 is 0 Å². The minimum absolute atomic E-state index is 0.0655. The Hall–Kier alpha value is -1.44. The Morgan fingerprint density at radius 2 is 2.00 bits per heavy atom. The summed E-state index contributed by atoms with van der Waals surface area (Å²) < 4.78 is 0. The molecule has 2 heterocycles. The van der Waals surface area contributed by atoms with Crippen LogP contribution in [0.3, 0.4) is 0 Å². The molecule has 0 bridgehead atoms. The highest BCUT2D eigenvalue weighted by atomic mass is 32.1. The van der Waals surface area contributed by atoms with Gasteiger partial charge >= 0.3 is 0 Å². The molecule has 0 spiro atoms. The first-order valence-electron chi connectivity index (χ1n) is 8.15. The average molecular weight is 336 g/mol. The molecule has 2 aliphatic rings. The Morgan fingerprint density at radius 3 is 2.70 bits per heavy atom. The van der Waals surface area contributed by atoms with E-state index in [-0.39, 0.29) is 11.8 Å². The first-order chi connectivity index (χ1) is 11.1. The number of piperazine rings is 1. The van der Waals surface area contributed by atoms with Crippen molar-refractivity contribution in [2.75, 3.05) is 52.1 Å². The number of carbonyl (C=O) groups excluding carboxylic acids is 2. The van der Waals surface area contributed by atoms with Gasteiger partial charge in [0.25, 0.3) is 5.91 Å². The van der Waals surface area contributed by atoms with E-state index in [1.165, 1.54) is 10.4 Å². The fourth-order valence-electron chi connectivity index (χ4n) is 3.20. The monoisotopic (exact) mass is 336 g/mol. The van der Waals surface area contributed by atoms with Crippen LogP contribution in [0.4, 0.5) is 5.00 Å². The third kappa shape index (κ3) is 3.57. The molecular formula is C16H24N4O2S. The van der Waals surface area contributed by atoms with Gasteiger partial charge in [0.05, 0.1) is 12.1 Å². The predicted molar refractivity (Wildman–Crippen MR) is 92.3 cm³/mol. The van der Waals surface area contributed by atoms with Gasteiger partial charge in [0.15, 0.2) is 0 Å². The number of carbonyl (C=O) groups is 2. The molecule has 3 rings (SSSR count). The number of rotatable bonds is 4. The van der Waals surface area contributed by atoms with Gasteiger partial charge < -0.3 is 20.4 Å². The van der Waals surface area contributed by atoms with E-state index < -0.39 is 0 Å². The third-order valence-electron chi connectivity index (χ3n) is 4.25. The van der Waals surface area contributed by atoms with Gasteiger partial charge in [-0.15, -0.1) is 11.3 Å². The van der Waals surface area contributed by atoms with Crippen molar-refractivity contribution in [2.45, 2.75) is 19.3 Å². The van der Waals surface area contributed by atoms with Crippen LogP contribution in [0.15, 0.2) is 0 Å². The molecule has 0 aromatic carbocycles. The quantitative estimate of drug-likeness (QED) is 0.853. The fraction of sp³-hybridized carbons (Fsp3) is 0.625. The van der Waals surface area contributed by atoms with Crippen LogP contribution in [0, 0.1) is 0 Å². The zero-order chi connectivity index (χ0) is 16.4. The highest BCUT2D eigenvalue weighted by molar-refractivity contribution is 7.17. The van der Waals surface area contributed by atoms with Crippen molar-refractivity contribution in [2.24, 2.45) is 0 Å². The van der Waals surface area contributed by atoms with E-state index in [0.717, 1.165) is 56.0 Å². The van der Waals surface area contributed by atoms with Gasteiger partial charge in [-0.1, -0.05) is 0 Å². The van der Waals surface area contributed by atoms with Crippen LogP contribution < -0.4 is 10.6 Å². The van der Waals surface area contributed by atoms with Crippen LogP contribution in [0.2, 0.25) is 0 Å². The minimum atomic E-state index is -0.0655. The second-order valence-corrected chi connectivity index (χ2v) is 7.49. The summed E-state index contributed by atoms with van der Waals surface area (Å²) in [5.74, 6) is 0.00957. The minimum Gasteiger partial charge on any atom is -0.336 e. The summed E-state index contributed by atoms with van der Waals surface area (Å²) in [5.41, 5.74) is 1.91. The number of thiophene rings is 1. The Morgan fingerprint density at radius 1 is 1.26 bits per heavy atom. The van der Waals surface area contributed by atoms with E-state index in [1.807, 2.05) is 23.9 Å². The summed E-state index contributed by atoms with van der Waals surface area (Å²) in [6.07, 6.45) is 3.07. The van der Waals surface area contributed by atoms with Gasteiger partial charge in [0.1, 0.15) is 5.00 Å². The Balaban J connectivity index is 1.85. The maximum Gasteiger partial charge on any atom is 0.257 e. The summed E-state index contributed by atoms with van der Waals surface area (Å²) in [5, 5.41) is 6.98. The number of fused-ring (bicyclic) bond motifs is 1. The largest absolute Gasteiger partial charge is 0.336 e. The predicted octanol–water partition coefficient (Wildman–Crippen LogP) is 0.782. The molecule has 0 unspecified atom stereocenters. The lowest BCUT2D eigenvalue weighted by Gasteiger charge is -2.28. The number of anilines is 1. The number of amides is 2. The molecule has 1 saturated heterocycles. The van der Waals surface area contributed by atoms with Gasteiger partial charge in [-0.25, -0.2) is 0 Å². The molecule has 126 valence electrons. The number of nitrogens with zero attached hydrogens (tertiary/aromatic N) is 2. The second kappa shape index (κ2) is 6.98. The highest BCUT2D eigenvalue weighted by Crippen LogP contribution is 2.39. The highest BCUT2D eigenvalue weighted by Gasteiger charge is 2.30. The van der Waals surface area contributed by atoms with Crippen LogP contribution in [0.1, 0.15) is 27.2 Å². The molecule has 2 amide bonds. The molecule has 2 N–H and O–H groups in total. The lowest BCUT2D eigenvalue weighted by atomic mass is 10.1. The van der Waals surface area contributed by atoms with Gasteiger partial charge in [-0.2, -0.15) is 0 Å². The van der Waals surface area contributed by atoms with E-state index in [0.29, 0.717) is 6.54 Å². The molecule has 0 radical (unpaired) electrons. The van der Waals surface area contributed by atoms with E-state index in [2.05, 4.69) is 10.6 Å². The van der Waals surface area contributed by atoms with Crippen molar-refractivity contribution in [1.29, 1.82) is 0 Å². The van der Waals surface area contributed by atoms with Crippen molar-refractivity contribution in [1.82, 2.24) is 15.1 Å². The molecule has 23 heavy (non-hydrogen) atoms. The van der Waals surface area contributed by atoms with Crippen LogP contribution >= 0.6 is 11.3 Å². The van der Waals surface area contributed by atoms with Gasteiger partial charge in [0.2, 0.25) is 5.91 Å². The van der Waals surface area contributed by atoms with Crippen molar-refractivity contribution in [3.63, 3.8) is 0 Å². The molecule has 6 nitrogen and oxygen atoms in total. The second-order valence-electron chi connectivity index (χ2n) is 6.39. The molecule has 0 atom stereocenters. The van der Waals surface area contributed by atoms with Crippen molar-refractivity contribution in [3.05, 3.63) is 16.0 Å². The maximum absolute atomic E-state index is 13.0. The summed E-state index contributed by atoms with van der Waals surface area (Å²) in [7, 11) is 3.72. The molecule has 1 aliphatic carbocycles. The Kier molecular flexibility index (Phi) is 4.99. The number of nitrogens with one attached hydrogen (secondary N) is 2. The van der Waals surface area contributed by atoms with Crippen LogP contribution in [-0.2, 0) is 17.6 Å². The zero-order valence-electron chi connectivity index (χ0n) is 13.8. The third-order valence-corrected chi connectivity index (χ3v) is 5.46. The van der Waals surface area contributed by atoms with Crippen molar-refractivity contribution >= 4 is 28.2 Å². The standard InChI is InChI=1S/C16H24N4O2S/c1-19(2)10-13(21)18-15-14(11-4-3-5-12(11)23-15)16(22)20-8-6-17-7-9-20/h17H,3-10H2,1-2H3,(H,18,21). The van der Waals surface area contributed by atoms with Crippen LogP contribution in [0.25, 0.3) is 0 Å². The molecule has 1 aromatic rings. The number of hydrogen-bond donors (Lipinski definition) is 2. The summed E-state index contributed by atoms with van der Waals surface area (Å²) in [6, 6.07) is 0. The molecule has 1 aliphatic heterocycles. The number of hydrogen-bond acceptors (Lipinski definition) is 5. The van der Waals surface area contributed by atoms with Crippen molar-refractivity contribution in [3.8, 4) is 0 Å². The van der Waals surface area contributed by atoms with Gasteiger partial charge in [-0.3, -0.25) is 9.59 Å². The first kappa shape index (κ1) is 16.4. The average Bonchev–Trinajstić information content (AvgIpc) is 3.07. The number of aryl methyl sites for hydroxylation is 1. The van der Waals surface area contributed by atoms with Gasteiger partial charge in [-0.05, 0) is 38.9 Å². The van der Waals surface area contributed by atoms with Crippen LogP contribution in [-0.4, -0.2) is 68.4 Å². The fourth-order valence-corrected chi connectivity index (χ4v) is 4.50. The number of likely N-dealkylation sites (N-methyl/N-ethyl adjacent to an activating group) is 1. The smallest absolute Gasteiger partial charge is 0.257 e. The summed E-state index contributed by atoms with van der Waals surface area (Å²) in [4.78, 5) is 30.1. The summed E-state index contributed by atoms with van der Waals surface area (Å²) >= 11 is 1.58. The molecule has 7 heteroatoms. The zero-order valence-corrected chi connectivity index (χ0v) is 14.6. The van der Waals surface area contributed by atoms with E-state index in [4.69, 9.17) is 0 Å². The normalized spacial score (nSPS) is 17.4. The van der Waals surface area contributed by atoms with Gasteiger partial charge in [0, 0.05) is 31.1 Å². The van der Waals surface area contributed by atoms with Crippen LogP contribution in [0.5, 0.6) is 0 Å². The molecule has 1 fully saturated rings.